The Balaban J connectivity index is 1.80. The first-order valence-corrected chi connectivity index (χ1v) is 5.46. The first kappa shape index (κ1) is 10.7. The SMILES string of the molecule is CCc1n[nH]c(CCOc2ccccc2)n1. The smallest absolute Gasteiger partial charge is 0.150 e. The van der Waals surface area contributed by atoms with Gasteiger partial charge in [0.2, 0.25) is 0 Å². The molecule has 0 fully saturated rings. The number of aromatic nitrogens is 3. The molecule has 84 valence electrons. The van der Waals surface area contributed by atoms with Crippen LogP contribution in [0.15, 0.2) is 30.3 Å². The van der Waals surface area contributed by atoms with Crippen LogP contribution >= 0.6 is 0 Å². The molecule has 0 amide bonds. The maximum absolute atomic E-state index is 5.57. The topological polar surface area (TPSA) is 50.8 Å². The number of H-pyrrole nitrogens is 1. The number of para-hydroxylation sites is 1. The number of rotatable bonds is 5. The molecule has 2 aromatic rings. The molecule has 16 heavy (non-hydrogen) atoms. The first-order valence-electron chi connectivity index (χ1n) is 5.46. The number of aryl methyl sites for hydroxylation is 1. The zero-order valence-electron chi connectivity index (χ0n) is 9.31. The van der Waals surface area contributed by atoms with Crippen LogP contribution in [0, 0.1) is 0 Å². The second-order valence-electron chi connectivity index (χ2n) is 3.46. The third kappa shape index (κ3) is 2.82. The van der Waals surface area contributed by atoms with Crippen molar-refractivity contribution in [2.75, 3.05) is 6.61 Å². The van der Waals surface area contributed by atoms with Crippen molar-refractivity contribution in [1.82, 2.24) is 15.2 Å². The molecule has 1 N–H and O–H groups in total. The van der Waals surface area contributed by atoms with Crippen molar-refractivity contribution in [1.29, 1.82) is 0 Å². The van der Waals surface area contributed by atoms with Crippen LogP contribution < -0.4 is 4.74 Å². The second kappa shape index (κ2) is 5.30. The van der Waals surface area contributed by atoms with Gasteiger partial charge in [0.05, 0.1) is 6.61 Å². The van der Waals surface area contributed by atoms with Crippen LogP contribution in [-0.2, 0) is 12.8 Å². The van der Waals surface area contributed by atoms with Crippen molar-refractivity contribution < 1.29 is 4.74 Å². The lowest BCUT2D eigenvalue weighted by atomic mass is 10.3. The lowest BCUT2D eigenvalue weighted by molar-refractivity contribution is 0.319. The normalized spacial score (nSPS) is 10.3. The van der Waals surface area contributed by atoms with E-state index in [9.17, 15) is 0 Å². The molecule has 0 saturated carbocycles. The number of benzene rings is 1. The van der Waals surface area contributed by atoms with Gasteiger partial charge in [-0.25, -0.2) is 4.98 Å². The van der Waals surface area contributed by atoms with Crippen molar-refractivity contribution in [2.45, 2.75) is 19.8 Å². The van der Waals surface area contributed by atoms with E-state index in [0.717, 1.165) is 30.2 Å². The van der Waals surface area contributed by atoms with Gasteiger partial charge in [-0.3, -0.25) is 5.10 Å². The molecule has 4 nitrogen and oxygen atoms in total. The van der Waals surface area contributed by atoms with Gasteiger partial charge in [0.15, 0.2) is 0 Å². The summed E-state index contributed by atoms with van der Waals surface area (Å²) in [5.41, 5.74) is 0. The monoisotopic (exact) mass is 217 g/mol. The van der Waals surface area contributed by atoms with Crippen LogP contribution in [0.1, 0.15) is 18.6 Å². The largest absolute Gasteiger partial charge is 0.493 e. The Bertz CT molecular complexity index is 425. The number of ether oxygens (including phenoxy) is 1. The van der Waals surface area contributed by atoms with Crippen molar-refractivity contribution in [3.8, 4) is 5.75 Å². The third-order valence-corrected chi connectivity index (χ3v) is 2.25. The highest BCUT2D eigenvalue weighted by Gasteiger charge is 2.01. The van der Waals surface area contributed by atoms with E-state index in [-0.39, 0.29) is 0 Å². The lowest BCUT2D eigenvalue weighted by Gasteiger charge is -2.03. The van der Waals surface area contributed by atoms with Gasteiger partial charge in [-0.05, 0) is 12.1 Å². The highest BCUT2D eigenvalue weighted by molar-refractivity contribution is 5.20. The molecule has 0 saturated heterocycles. The van der Waals surface area contributed by atoms with E-state index in [0.29, 0.717) is 6.61 Å². The molecule has 0 aliphatic rings. The van der Waals surface area contributed by atoms with E-state index in [1.54, 1.807) is 0 Å². The lowest BCUT2D eigenvalue weighted by Crippen LogP contribution is -2.02. The molecule has 0 aliphatic heterocycles. The van der Waals surface area contributed by atoms with Crippen LogP contribution in [0.3, 0.4) is 0 Å². The van der Waals surface area contributed by atoms with Gasteiger partial charge in [0.1, 0.15) is 17.4 Å². The molecule has 1 aromatic heterocycles. The van der Waals surface area contributed by atoms with Crippen molar-refractivity contribution in [2.24, 2.45) is 0 Å². The standard InChI is InChI=1S/C12H15N3O/c1-2-11-13-12(15-14-11)8-9-16-10-6-4-3-5-7-10/h3-7H,2,8-9H2,1H3,(H,13,14,15). The molecule has 0 atom stereocenters. The van der Waals surface area contributed by atoms with Gasteiger partial charge in [-0.2, -0.15) is 5.10 Å². The molecule has 2 rings (SSSR count). The van der Waals surface area contributed by atoms with Gasteiger partial charge in [0.25, 0.3) is 0 Å². The molecule has 0 aliphatic carbocycles. The summed E-state index contributed by atoms with van der Waals surface area (Å²) < 4.78 is 5.57. The molecular weight excluding hydrogens is 202 g/mol. The molecule has 0 unspecified atom stereocenters. The molecule has 0 radical (unpaired) electrons. The second-order valence-corrected chi connectivity index (χ2v) is 3.46. The predicted molar refractivity (Wildman–Crippen MR) is 61.4 cm³/mol. The maximum Gasteiger partial charge on any atom is 0.150 e. The highest BCUT2D eigenvalue weighted by Crippen LogP contribution is 2.08. The Hall–Kier alpha value is -1.84. The number of nitrogens with zero attached hydrogens (tertiary/aromatic N) is 2. The molecular formula is C12H15N3O. The zero-order valence-corrected chi connectivity index (χ0v) is 9.31. The summed E-state index contributed by atoms with van der Waals surface area (Å²) in [5.74, 6) is 2.63. The van der Waals surface area contributed by atoms with Gasteiger partial charge in [-0.15, -0.1) is 0 Å². The fourth-order valence-corrected chi connectivity index (χ4v) is 1.39. The zero-order chi connectivity index (χ0) is 11.2. The molecule has 1 heterocycles. The summed E-state index contributed by atoms with van der Waals surface area (Å²) in [6.45, 7) is 2.65. The average Bonchev–Trinajstić information content (AvgIpc) is 2.78. The van der Waals surface area contributed by atoms with E-state index in [4.69, 9.17) is 4.74 Å². The molecule has 1 aromatic carbocycles. The van der Waals surface area contributed by atoms with E-state index >= 15 is 0 Å². The Kier molecular flexibility index (Phi) is 3.53. The minimum atomic E-state index is 0.613. The number of aromatic amines is 1. The van der Waals surface area contributed by atoms with E-state index in [1.165, 1.54) is 0 Å². The summed E-state index contributed by atoms with van der Waals surface area (Å²) in [6.07, 6.45) is 1.61. The van der Waals surface area contributed by atoms with Crippen LogP contribution in [0.5, 0.6) is 5.75 Å². The van der Waals surface area contributed by atoms with Crippen molar-refractivity contribution in [3.05, 3.63) is 42.0 Å². The molecule has 4 heteroatoms. The first-order chi connectivity index (χ1) is 7.88. The van der Waals surface area contributed by atoms with Gasteiger partial charge >= 0.3 is 0 Å². The van der Waals surface area contributed by atoms with Crippen molar-refractivity contribution in [3.63, 3.8) is 0 Å². The van der Waals surface area contributed by atoms with Crippen LogP contribution in [0.2, 0.25) is 0 Å². The van der Waals surface area contributed by atoms with Gasteiger partial charge in [0, 0.05) is 12.8 Å². The summed E-state index contributed by atoms with van der Waals surface area (Å²) in [4.78, 5) is 4.31. The minimum Gasteiger partial charge on any atom is -0.493 e. The van der Waals surface area contributed by atoms with Gasteiger partial charge in [-0.1, -0.05) is 25.1 Å². The predicted octanol–water partition coefficient (Wildman–Crippen LogP) is 1.99. The van der Waals surface area contributed by atoms with Crippen LogP contribution in [0.25, 0.3) is 0 Å². The van der Waals surface area contributed by atoms with Crippen LogP contribution in [0.4, 0.5) is 0 Å². The summed E-state index contributed by atoms with van der Waals surface area (Å²) in [6, 6.07) is 9.77. The number of hydrogen-bond donors (Lipinski definition) is 1. The van der Waals surface area contributed by atoms with Crippen LogP contribution in [-0.4, -0.2) is 21.8 Å². The quantitative estimate of drug-likeness (QED) is 0.833. The Labute approximate surface area is 94.7 Å². The maximum atomic E-state index is 5.57. The third-order valence-electron chi connectivity index (χ3n) is 2.25. The fourth-order valence-electron chi connectivity index (χ4n) is 1.39. The number of hydrogen-bond acceptors (Lipinski definition) is 3. The van der Waals surface area contributed by atoms with E-state index in [1.807, 2.05) is 37.3 Å². The Morgan fingerprint density at radius 3 is 2.75 bits per heavy atom. The van der Waals surface area contributed by atoms with Gasteiger partial charge < -0.3 is 4.74 Å². The minimum absolute atomic E-state index is 0.613. The highest BCUT2D eigenvalue weighted by atomic mass is 16.5. The van der Waals surface area contributed by atoms with Crippen molar-refractivity contribution >= 4 is 0 Å². The number of nitrogens with one attached hydrogen (secondary N) is 1. The van der Waals surface area contributed by atoms with E-state index < -0.39 is 0 Å². The Morgan fingerprint density at radius 2 is 2.06 bits per heavy atom. The summed E-state index contributed by atoms with van der Waals surface area (Å²) >= 11 is 0. The molecule has 0 bridgehead atoms. The average molecular weight is 217 g/mol. The summed E-state index contributed by atoms with van der Waals surface area (Å²) in [7, 11) is 0. The Morgan fingerprint density at radius 1 is 1.25 bits per heavy atom. The van der Waals surface area contributed by atoms with E-state index in [2.05, 4.69) is 15.2 Å². The summed E-state index contributed by atoms with van der Waals surface area (Å²) in [5, 5.41) is 6.97. The fraction of sp³-hybridized carbons (Fsp3) is 0.333. The molecule has 0 spiro atoms.